The third-order valence-electron chi connectivity index (χ3n) is 4.53. The number of aromatic nitrogens is 2. The lowest BCUT2D eigenvalue weighted by molar-refractivity contribution is 0.113. The molecule has 6 heteroatoms. The Morgan fingerprint density at radius 3 is 2.96 bits per heavy atom. The first-order chi connectivity index (χ1) is 11.3. The predicted molar refractivity (Wildman–Crippen MR) is 91.5 cm³/mol. The zero-order valence-electron chi connectivity index (χ0n) is 14.2. The van der Waals surface area contributed by atoms with Crippen molar-refractivity contribution in [2.75, 3.05) is 32.8 Å². The van der Waals surface area contributed by atoms with Gasteiger partial charge in [0.25, 0.3) is 0 Å². The molecule has 1 aromatic heterocycles. The molecular weight excluding hydrogens is 290 g/mol. The predicted octanol–water partition coefficient (Wildman–Crippen LogP) is 1.74. The van der Waals surface area contributed by atoms with Crippen LogP contribution in [-0.4, -0.2) is 59.5 Å². The first-order valence-corrected chi connectivity index (χ1v) is 8.93. The molecule has 2 aliphatic rings. The number of guanidine groups is 1. The standard InChI is InChI=1S/C17H29N5O/c1-15(14-22-10-5-7-20-22)12-18-17(21-8-2-3-9-21)19-13-16-6-4-11-23-16/h5,7,10,15-16H,2-4,6,8-9,11-14H2,1H3,(H,18,19). The molecule has 0 aliphatic carbocycles. The molecular formula is C17H29N5O. The van der Waals surface area contributed by atoms with Gasteiger partial charge in [0, 0.05) is 51.7 Å². The van der Waals surface area contributed by atoms with E-state index in [0.717, 1.165) is 51.7 Å². The molecule has 0 amide bonds. The van der Waals surface area contributed by atoms with Gasteiger partial charge in [-0.3, -0.25) is 9.67 Å². The molecule has 2 aliphatic heterocycles. The minimum atomic E-state index is 0.351. The molecule has 0 spiro atoms. The second-order valence-corrected chi connectivity index (χ2v) is 6.71. The lowest BCUT2D eigenvalue weighted by Gasteiger charge is -2.23. The molecule has 0 radical (unpaired) electrons. The molecule has 3 rings (SSSR count). The van der Waals surface area contributed by atoms with Crippen LogP contribution in [0, 0.1) is 5.92 Å². The molecule has 128 valence electrons. The summed E-state index contributed by atoms with van der Waals surface area (Å²) in [4.78, 5) is 7.27. The van der Waals surface area contributed by atoms with Crippen molar-refractivity contribution < 1.29 is 4.74 Å². The van der Waals surface area contributed by atoms with Crippen LogP contribution in [0.4, 0.5) is 0 Å². The van der Waals surface area contributed by atoms with Crippen LogP contribution in [-0.2, 0) is 11.3 Å². The number of rotatable bonds is 6. The van der Waals surface area contributed by atoms with Crippen LogP contribution in [0.25, 0.3) is 0 Å². The van der Waals surface area contributed by atoms with E-state index in [1.807, 2.05) is 23.1 Å². The van der Waals surface area contributed by atoms with Gasteiger partial charge < -0.3 is 15.0 Å². The molecule has 1 N–H and O–H groups in total. The summed E-state index contributed by atoms with van der Waals surface area (Å²) in [6.07, 6.45) is 9.07. The first-order valence-electron chi connectivity index (χ1n) is 8.93. The van der Waals surface area contributed by atoms with Gasteiger partial charge >= 0.3 is 0 Å². The summed E-state index contributed by atoms with van der Waals surface area (Å²) in [5, 5.41) is 7.82. The highest BCUT2D eigenvalue weighted by atomic mass is 16.5. The number of hydrogen-bond donors (Lipinski definition) is 1. The van der Waals surface area contributed by atoms with E-state index >= 15 is 0 Å². The summed E-state index contributed by atoms with van der Waals surface area (Å²) < 4.78 is 7.70. The van der Waals surface area contributed by atoms with E-state index in [9.17, 15) is 0 Å². The van der Waals surface area contributed by atoms with E-state index in [0.29, 0.717) is 12.0 Å². The highest BCUT2D eigenvalue weighted by Crippen LogP contribution is 2.12. The summed E-state index contributed by atoms with van der Waals surface area (Å²) in [6.45, 7) is 7.98. The molecule has 2 saturated heterocycles. The Balaban J connectivity index is 1.52. The van der Waals surface area contributed by atoms with E-state index in [-0.39, 0.29) is 0 Å². The summed E-state index contributed by atoms with van der Waals surface area (Å²) in [7, 11) is 0. The molecule has 0 saturated carbocycles. The van der Waals surface area contributed by atoms with Gasteiger partial charge in [-0.15, -0.1) is 0 Å². The quantitative estimate of drug-likeness (QED) is 0.641. The van der Waals surface area contributed by atoms with Crippen molar-refractivity contribution in [1.29, 1.82) is 0 Å². The van der Waals surface area contributed by atoms with Crippen LogP contribution in [0.5, 0.6) is 0 Å². The van der Waals surface area contributed by atoms with E-state index in [4.69, 9.17) is 9.73 Å². The minimum Gasteiger partial charge on any atom is -0.376 e. The molecule has 23 heavy (non-hydrogen) atoms. The SMILES string of the molecule is CC(CN=C(NCC1CCCO1)N1CCCC1)Cn1cccn1. The molecule has 0 aromatic carbocycles. The number of hydrogen-bond acceptors (Lipinski definition) is 3. The van der Waals surface area contributed by atoms with Crippen molar-refractivity contribution in [2.24, 2.45) is 10.9 Å². The molecule has 3 heterocycles. The Bertz CT molecular complexity index is 475. The lowest BCUT2D eigenvalue weighted by atomic mass is 10.2. The van der Waals surface area contributed by atoms with Crippen molar-refractivity contribution in [3.63, 3.8) is 0 Å². The number of nitrogens with zero attached hydrogens (tertiary/aromatic N) is 4. The second kappa shape index (κ2) is 8.34. The van der Waals surface area contributed by atoms with Gasteiger partial charge in [0.2, 0.25) is 0 Å². The molecule has 2 atom stereocenters. The Morgan fingerprint density at radius 1 is 1.39 bits per heavy atom. The van der Waals surface area contributed by atoms with Crippen LogP contribution in [0.15, 0.2) is 23.5 Å². The van der Waals surface area contributed by atoms with Crippen LogP contribution < -0.4 is 5.32 Å². The average Bonchev–Trinajstić information content (AvgIpc) is 3.30. The zero-order valence-corrected chi connectivity index (χ0v) is 14.2. The summed E-state index contributed by atoms with van der Waals surface area (Å²) in [6, 6.07) is 1.97. The van der Waals surface area contributed by atoms with Gasteiger partial charge in [-0.25, -0.2) is 0 Å². The maximum absolute atomic E-state index is 5.71. The average molecular weight is 319 g/mol. The Morgan fingerprint density at radius 2 is 2.26 bits per heavy atom. The van der Waals surface area contributed by atoms with Gasteiger partial charge in [0.15, 0.2) is 5.96 Å². The lowest BCUT2D eigenvalue weighted by Crippen LogP contribution is -2.43. The molecule has 2 unspecified atom stereocenters. The zero-order chi connectivity index (χ0) is 15.9. The highest BCUT2D eigenvalue weighted by Gasteiger charge is 2.20. The number of likely N-dealkylation sites (tertiary alicyclic amines) is 1. The first kappa shape index (κ1) is 16.3. The van der Waals surface area contributed by atoms with Gasteiger partial charge in [0.05, 0.1) is 6.10 Å². The molecule has 0 bridgehead atoms. The van der Waals surface area contributed by atoms with Crippen LogP contribution >= 0.6 is 0 Å². The third kappa shape index (κ3) is 4.96. The van der Waals surface area contributed by atoms with Gasteiger partial charge in [-0.2, -0.15) is 5.10 Å². The summed E-state index contributed by atoms with van der Waals surface area (Å²) >= 11 is 0. The van der Waals surface area contributed by atoms with E-state index in [2.05, 4.69) is 22.2 Å². The monoisotopic (exact) mass is 319 g/mol. The summed E-state index contributed by atoms with van der Waals surface area (Å²) in [5.74, 6) is 1.53. The van der Waals surface area contributed by atoms with Gasteiger partial charge in [0.1, 0.15) is 0 Å². The topological polar surface area (TPSA) is 54.7 Å². The maximum Gasteiger partial charge on any atom is 0.194 e. The smallest absolute Gasteiger partial charge is 0.194 e. The number of ether oxygens (including phenoxy) is 1. The van der Waals surface area contributed by atoms with Crippen LogP contribution in [0.2, 0.25) is 0 Å². The largest absolute Gasteiger partial charge is 0.376 e. The van der Waals surface area contributed by atoms with Gasteiger partial charge in [-0.1, -0.05) is 6.92 Å². The normalized spacial score (nSPS) is 23.4. The highest BCUT2D eigenvalue weighted by molar-refractivity contribution is 5.80. The van der Waals surface area contributed by atoms with Crippen molar-refractivity contribution in [3.8, 4) is 0 Å². The Kier molecular flexibility index (Phi) is 5.91. The minimum absolute atomic E-state index is 0.351. The molecule has 2 fully saturated rings. The second-order valence-electron chi connectivity index (χ2n) is 6.71. The fourth-order valence-electron chi connectivity index (χ4n) is 3.23. The third-order valence-corrected chi connectivity index (χ3v) is 4.53. The van der Waals surface area contributed by atoms with E-state index < -0.39 is 0 Å². The van der Waals surface area contributed by atoms with Crippen molar-refractivity contribution in [3.05, 3.63) is 18.5 Å². The fourth-order valence-corrected chi connectivity index (χ4v) is 3.23. The molecule has 6 nitrogen and oxygen atoms in total. The molecule has 1 aromatic rings. The van der Waals surface area contributed by atoms with Crippen molar-refractivity contribution >= 4 is 5.96 Å². The fraction of sp³-hybridized carbons (Fsp3) is 0.765. The van der Waals surface area contributed by atoms with Crippen LogP contribution in [0.1, 0.15) is 32.6 Å². The van der Waals surface area contributed by atoms with Crippen LogP contribution in [0.3, 0.4) is 0 Å². The number of aliphatic imine (C=N–C) groups is 1. The van der Waals surface area contributed by atoms with Crippen molar-refractivity contribution in [1.82, 2.24) is 20.0 Å². The van der Waals surface area contributed by atoms with Crippen molar-refractivity contribution in [2.45, 2.75) is 45.3 Å². The van der Waals surface area contributed by atoms with E-state index in [1.165, 1.54) is 19.3 Å². The maximum atomic E-state index is 5.71. The Hall–Kier alpha value is -1.56. The Labute approximate surface area is 138 Å². The number of nitrogens with one attached hydrogen (secondary N) is 1. The summed E-state index contributed by atoms with van der Waals surface area (Å²) in [5.41, 5.74) is 0. The van der Waals surface area contributed by atoms with E-state index in [1.54, 1.807) is 0 Å². The van der Waals surface area contributed by atoms with Gasteiger partial charge in [-0.05, 0) is 37.7 Å².